The first kappa shape index (κ1) is 15.6. The summed E-state index contributed by atoms with van der Waals surface area (Å²) in [4.78, 5) is 3.92. The molecular weight excluding hydrogens is 308 g/mol. The monoisotopic (exact) mass is 334 g/mol. The molecule has 0 spiro atoms. The number of hydrogen-bond donors (Lipinski definition) is 0. The molecule has 3 heterocycles. The van der Waals surface area contributed by atoms with Gasteiger partial charge in [-0.15, -0.1) is 0 Å². The zero-order valence-electron chi connectivity index (χ0n) is 13.9. The van der Waals surface area contributed by atoms with Gasteiger partial charge in [0.25, 0.3) is 0 Å². The Morgan fingerprint density at radius 1 is 1.00 bits per heavy atom. The van der Waals surface area contributed by atoms with E-state index in [1.165, 1.54) is 43.7 Å². The summed E-state index contributed by atoms with van der Waals surface area (Å²) >= 11 is 1.83. The predicted molar refractivity (Wildman–Crippen MR) is 93.0 cm³/mol. The van der Waals surface area contributed by atoms with Crippen LogP contribution in [-0.2, 0) is 0 Å². The third-order valence-electron chi connectivity index (χ3n) is 5.35. The maximum atomic E-state index is 5.62. The summed E-state index contributed by atoms with van der Waals surface area (Å²) in [6.45, 7) is 7.66. The van der Waals surface area contributed by atoms with Crippen LogP contribution in [0.1, 0.15) is 32.6 Å². The molecule has 23 heavy (non-hydrogen) atoms. The quantitative estimate of drug-likeness (QED) is 0.786. The van der Waals surface area contributed by atoms with Crippen molar-refractivity contribution in [3.05, 3.63) is 18.2 Å². The molecule has 0 aliphatic carbocycles. The number of para-hydroxylation sites is 1. The number of fused-ring (bicyclic) bond motifs is 1. The summed E-state index contributed by atoms with van der Waals surface area (Å²) < 4.78 is 13.6. The van der Waals surface area contributed by atoms with Gasteiger partial charge in [-0.25, -0.2) is 4.31 Å². The topological polar surface area (TPSA) is 24.9 Å². The van der Waals surface area contributed by atoms with Crippen molar-refractivity contribution >= 4 is 11.9 Å². The van der Waals surface area contributed by atoms with E-state index in [1.54, 1.807) is 0 Å². The minimum atomic E-state index is 0.350. The van der Waals surface area contributed by atoms with Gasteiger partial charge in [0.15, 0.2) is 11.5 Å². The van der Waals surface area contributed by atoms with Crippen molar-refractivity contribution in [1.29, 1.82) is 0 Å². The summed E-state index contributed by atoms with van der Waals surface area (Å²) in [5, 5.41) is 0. The smallest absolute Gasteiger partial charge is 0.231 e. The fourth-order valence-electron chi connectivity index (χ4n) is 3.81. The van der Waals surface area contributed by atoms with Crippen LogP contribution in [-0.4, -0.2) is 48.2 Å². The molecule has 126 valence electrons. The second kappa shape index (κ2) is 6.91. The summed E-state index contributed by atoms with van der Waals surface area (Å²) in [7, 11) is 0. The highest BCUT2D eigenvalue weighted by Gasteiger charge is 2.28. The molecule has 3 aliphatic heterocycles. The van der Waals surface area contributed by atoms with E-state index in [0.717, 1.165) is 36.5 Å². The van der Waals surface area contributed by atoms with Gasteiger partial charge in [-0.3, -0.25) is 0 Å². The van der Waals surface area contributed by atoms with Crippen LogP contribution < -0.4 is 9.47 Å². The van der Waals surface area contributed by atoms with Crippen LogP contribution in [0.4, 0.5) is 0 Å². The maximum absolute atomic E-state index is 5.62. The zero-order chi connectivity index (χ0) is 15.6. The van der Waals surface area contributed by atoms with E-state index in [4.69, 9.17) is 9.47 Å². The van der Waals surface area contributed by atoms with Crippen molar-refractivity contribution in [2.24, 2.45) is 5.92 Å². The average Bonchev–Trinajstić information content (AvgIpc) is 3.06. The lowest BCUT2D eigenvalue weighted by Crippen LogP contribution is -2.46. The van der Waals surface area contributed by atoms with Gasteiger partial charge in [-0.1, -0.05) is 13.0 Å². The van der Waals surface area contributed by atoms with E-state index in [1.807, 2.05) is 18.0 Å². The molecule has 2 saturated heterocycles. The Bertz CT molecular complexity index is 538. The lowest BCUT2D eigenvalue weighted by atomic mass is 9.95. The first-order valence-electron chi connectivity index (χ1n) is 8.85. The van der Waals surface area contributed by atoms with Gasteiger partial charge in [0.05, 0.1) is 4.90 Å². The summed E-state index contributed by atoms with van der Waals surface area (Å²) in [6, 6.07) is 6.96. The van der Waals surface area contributed by atoms with Crippen LogP contribution in [0.2, 0.25) is 0 Å². The van der Waals surface area contributed by atoms with Crippen LogP contribution in [0, 0.1) is 5.92 Å². The van der Waals surface area contributed by atoms with E-state index < -0.39 is 0 Å². The molecule has 0 amide bonds. The third-order valence-corrected chi connectivity index (χ3v) is 6.49. The molecular formula is C18H26N2O2S. The van der Waals surface area contributed by atoms with Crippen LogP contribution >= 0.6 is 11.9 Å². The number of hydrogen-bond acceptors (Lipinski definition) is 5. The Labute approximate surface area is 143 Å². The average molecular weight is 334 g/mol. The maximum Gasteiger partial charge on any atom is 0.231 e. The normalized spacial score (nSPS) is 24.2. The predicted octanol–water partition coefficient (Wildman–Crippen LogP) is 3.62. The molecule has 0 saturated carbocycles. The van der Waals surface area contributed by atoms with Crippen LogP contribution in [0.25, 0.3) is 0 Å². The van der Waals surface area contributed by atoms with Gasteiger partial charge >= 0.3 is 0 Å². The number of nitrogens with zero attached hydrogens (tertiary/aromatic N) is 2. The van der Waals surface area contributed by atoms with Crippen LogP contribution in [0.15, 0.2) is 23.1 Å². The summed E-state index contributed by atoms with van der Waals surface area (Å²) in [5.41, 5.74) is 0. The lowest BCUT2D eigenvalue weighted by Gasteiger charge is -2.41. The standard InChI is InChI=1S/C18H26N2O2S/c1-14-5-9-19(10-6-14)15-7-11-20(12-8-15)23-17-4-2-3-16-18(17)22-13-21-16/h2-4,14-15H,5-13H2,1H3. The van der Waals surface area contributed by atoms with E-state index in [9.17, 15) is 0 Å². The molecule has 1 aromatic carbocycles. The van der Waals surface area contributed by atoms with Crippen molar-refractivity contribution < 1.29 is 9.47 Å². The largest absolute Gasteiger partial charge is 0.454 e. The van der Waals surface area contributed by atoms with Crippen molar-refractivity contribution in [3.8, 4) is 11.5 Å². The minimum absolute atomic E-state index is 0.350. The highest BCUT2D eigenvalue weighted by atomic mass is 32.2. The van der Waals surface area contributed by atoms with Gasteiger partial charge in [-0.05, 0) is 68.8 Å². The highest BCUT2D eigenvalue weighted by Crippen LogP contribution is 2.42. The van der Waals surface area contributed by atoms with Crippen molar-refractivity contribution in [2.75, 3.05) is 33.0 Å². The van der Waals surface area contributed by atoms with Gasteiger partial charge in [0.1, 0.15) is 0 Å². The number of likely N-dealkylation sites (tertiary alicyclic amines) is 1. The Morgan fingerprint density at radius 3 is 2.57 bits per heavy atom. The molecule has 0 N–H and O–H groups in total. The molecule has 0 atom stereocenters. The van der Waals surface area contributed by atoms with E-state index in [2.05, 4.69) is 28.3 Å². The molecule has 5 heteroatoms. The SMILES string of the molecule is CC1CCN(C2CCN(Sc3cccc4c3OCO4)CC2)CC1. The number of benzene rings is 1. The molecule has 1 aromatic rings. The molecule has 0 radical (unpaired) electrons. The third kappa shape index (κ3) is 3.47. The molecule has 3 aliphatic rings. The number of ether oxygens (including phenoxy) is 2. The molecule has 4 nitrogen and oxygen atoms in total. The minimum Gasteiger partial charge on any atom is -0.454 e. The van der Waals surface area contributed by atoms with Crippen LogP contribution in [0.3, 0.4) is 0 Å². The van der Waals surface area contributed by atoms with Crippen LogP contribution in [0.5, 0.6) is 11.5 Å². The fourth-order valence-corrected chi connectivity index (χ4v) is 4.86. The first-order valence-corrected chi connectivity index (χ1v) is 9.62. The van der Waals surface area contributed by atoms with Crippen molar-refractivity contribution in [2.45, 2.75) is 43.5 Å². The Kier molecular flexibility index (Phi) is 4.69. The van der Waals surface area contributed by atoms with E-state index >= 15 is 0 Å². The molecule has 2 fully saturated rings. The van der Waals surface area contributed by atoms with Crippen molar-refractivity contribution in [1.82, 2.24) is 9.21 Å². The zero-order valence-corrected chi connectivity index (χ0v) is 14.7. The Balaban J connectivity index is 1.31. The van der Waals surface area contributed by atoms with Gasteiger partial charge in [0.2, 0.25) is 6.79 Å². The van der Waals surface area contributed by atoms with E-state index in [0.29, 0.717) is 6.79 Å². The van der Waals surface area contributed by atoms with Gasteiger partial charge in [-0.2, -0.15) is 0 Å². The van der Waals surface area contributed by atoms with Gasteiger partial charge in [0, 0.05) is 19.1 Å². The molecule has 0 unspecified atom stereocenters. The number of piperidine rings is 2. The van der Waals surface area contributed by atoms with Gasteiger partial charge < -0.3 is 14.4 Å². The molecule has 0 aromatic heterocycles. The first-order chi connectivity index (χ1) is 11.3. The second-order valence-electron chi connectivity index (χ2n) is 6.96. The lowest BCUT2D eigenvalue weighted by molar-refractivity contribution is 0.103. The summed E-state index contributed by atoms with van der Waals surface area (Å²) in [6.07, 6.45) is 5.33. The van der Waals surface area contributed by atoms with Crippen molar-refractivity contribution in [3.63, 3.8) is 0 Å². The summed E-state index contributed by atoms with van der Waals surface area (Å²) in [5.74, 6) is 2.72. The fraction of sp³-hybridized carbons (Fsp3) is 0.667. The molecule has 4 rings (SSSR count). The Hall–Kier alpha value is -0.910. The number of rotatable bonds is 3. The molecule has 0 bridgehead atoms. The van der Waals surface area contributed by atoms with E-state index in [-0.39, 0.29) is 0 Å². The Morgan fingerprint density at radius 2 is 1.78 bits per heavy atom. The highest BCUT2D eigenvalue weighted by molar-refractivity contribution is 7.97. The second-order valence-corrected chi connectivity index (χ2v) is 8.10.